The Morgan fingerprint density at radius 1 is 1.07 bits per heavy atom. The summed E-state index contributed by atoms with van der Waals surface area (Å²) in [6.07, 6.45) is 14.4. The molecule has 1 saturated carbocycles. The number of aliphatic imine (C=N–C) groups is 1. The van der Waals surface area contributed by atoms with Gasteiger partial charge < -0.3 is 5.32 Å². The third kappa shape index (κ3) is 5.00. The van der Waals surface area contributed by atoms with E-state index in [0.717, 1.165) is 29.5 Å². The Balaban J connectivity index is 1.53. The second-order valence-electron chi connectivity index (χ2n) is 8.37. The molecule has 0 spiro atoms. The highest BCUT2D eigenvalue weighted by atomic mass is 16.2. The number of hydrogen-bond donors (Lipinski definition) is 1. The molecule has 0 saturated heterocycles. The van der Waals surface area contributed by atoms with Gasteiger partial charge in [-0.25, -0.2) is 4.99 Å². The normalized spacial score (nSPS) is 20.3. The minimum Gasteiger partial charge on any atom is -0.310 e. The topological polar surface area (TPSA) is 54.4 Å². The van der Waals surface area contributed by atoms with Gasteiger partial charge in [0.25, 0.3) is 0 Å². The van der Waals surface area contributed by atoms with Crippen LogP contribution in [0.2, 0.25) is 0 Å². The molecule has 1 aromatic heterocycles. The average Bonchev–Trinajstić information content (AvgIpc) is 3.28. The van der Waals surface area contributed by atoms with E-state index in [2.05, 4.69) is 46.5 Å². The number of carbonyl (C=O) groups is 1. The van der Waals surface area contributed by atoms with Crippen LogP contribution in [0.5, 0.6) is 0 Å². The molecule has 1 N–H and O–H groups in total. The van der Waals surface area contributed by atoms with Crippen LogP contribution < -0.4 is 5.32 Å². The number of hydrogen-bond acceptors (Lipinski definition) is 3. The van der Waals surface area contributed by atoms with Crippen molar-refractivity contribution in [3.63, 3.8) is 0 Å². The van der Waals surface area contributed by atoms with Crippen molar-refractivity contribution in [1.29, 1.82) is 0 Å². The second-order valence-corrected chi connectivity index (χ2v) is 8.37. The van der Waals surface area contributed by atoms with E-state index in [4.69, 9.17) is 0 Å². The molecule has 150 valence electrons. The van der Waals surface area contributed by atoms with E-state index in [9.17, 15) is 4.79 Å². The van der Waals surface area contributed by atoms with Gasteiger partial charge in [0.1, 0.15) is 5.82 Å². The maximum absolute atomic E-state index is 13.2. The number of aromatic nitrogens is 1. The van der Waals surface area contributed by atoms with Gasteiger partial charge in [0.05, 0.1) is 5.92 Å². The standard InChI is InChI=1S/C25H29N3O/c1-18-6-11-24(27-17-18)28-25(29)23(16-19-4-2-3-5-19)22-9-7-20(8-10-22)21-12-14-26-15-13-21/h7-15,17-19,23H,2-6,16H2,1H3,(H,28,29). The quantitative estimate of drug-likeness (QED) is 0.713. The van der Waals surface area contributed by atoms with Gasteiger partial charge in [-0.15, -0.1) is 0 Å². The van der Waals surface area contributed by atoms with Crippen LogP contribution >= 0.6 is 0 Å². The average molecular weight is 388 g/mol. The van der Waals surface area contributed by atoms with Gasteiger partial charge in [0.15, 0.2) is 0 Å². The zero-order valence-corrected chi connectivity index (χ0v) is 17.1. The van der Waals surface area contributed by atoms with E-state index < -0.39 is 0 Å². The molecule has 29 heavy (non-hydrogen) atoms. The van der Waals surface area contributed by atoms with Crippen molar-refractivity contribution in [3.8, 4) is 11.1 Å². The highest BCUT2D eigenvalue weighted by molar-refractivity contribution is 5.85. The highest BCUT2D eigenvalue weighted by Crippen LogP contribution is 2.35. The van der Waals surface area contributed by atoms with Crippen molar-refractivity contribution in [2.45, 2.75) is 51.4 Å². The van der Waals surface area contributed by atoms with Crippen LogP contribution in [0, 0.1) is 11.8 Å². The van der Waals surface area contributed by atoms with Gasteiger partial charge in [-0.1, -0.05) is 56.9 Å². The van der Waals surface area contributed by atoms with Gasteiger partial charge in [-0.3, -0.25) is 9.78 Å². The molecule has 2 unspecified atom stereocenters. The van der Waals surface area contributed by atoms with E-state index in [0.29, 0.717) is 17.7 Å². The Bertz CT molecular complexity index is 880. The van der Waals surface area contributed by atoms with Crippen LogP contribution in [0.4, 0.5) is 0 Å². The molecule has 4 heteroatoms. The Morgan fingerprint density at radius 3 is 2.41 bits per heavy atom. The fourth-order valence-electron chi connectivity index (χ4n) is 4.34. The molecule has 1 amide bonds. The zero-order valence-electron chi connectivity index (χ0n) is 17.1. The first-order valence-corrected chi connectivity index (χ1v) is 10.7. The predicted octanol–water partition coefficient (Wildman–Crippen LogP) is 5.48. The Labute approximate surface area is 173 Å². The smallest absolute Gasteiger partial charge is 0.233 e. The lowest BCUT2D eigenvalue weighted by Crippen LogP contribution is -2.30. The molecule has 1 fully saturated rings. The number of carbonyl (C=O) groups excluding carboxylic acids is 1. The van der Waals surface area contributed by atoms with Crippen LogP contribution in [0.1, 0.15) is 56.9 Å². The fourth-order valence-corrected chi connectivity index (χ4v) is 4.34. The molecule has 0 bridgehead atoms. The fraction of sp³-hybridized carbons (Fsp3) is 0.400. The van der Waals surface area contributed by atoms with Gasteiger partial charge in [-0.05, 0) is 59.6 Å². The first-order valence-electron chi connectivity index (χ1n) is 10.7. The monoisotopic (exact) mass is 387 g/mol. The number of rotatable bonds is 6. The number of amides is 1. The van der Waals surface area contributed by atoms with Crippen LogP contribution in [0.15, 0.2) is 65.7 Å². The number of nitrogens with zero attached hydrogens (tertiary/aromatic N) is 2. The highest BCUT2D eigenvalue weighted by Gasteiger charge is 2.27. The van der Waals surface area contributed by atoms with Crippen LogP contribution in [-0.4, -0.2) is 17.1 Å². The molecular weight excluding hydrogens is 358 g/mol. The SMILES string of the molecule is CC1C=NC(NC(=O)C(CC2CCCC2)c2ccc(-c3ccncc3)cc2)=CC1. The first kappa shape index (κ1) is 19.6. The van der Waals surface area contributed by atoms with Crippen molar-refractivity contribution >= 4 is 12.1 Å². The van der Waals surface area contributed by atoms with Crippen molar-refractivity contribution in [1.82, 2.24) is 10.3 Å². The predicted molar refractivity (Wildman–Crippen MR) is 117 cm³/mol. The maximum atomic E-state index is 13.2. The Hall–Kier alpha value is -2.75. The van der Waals surface area contributed by atoms with Gasteiger partial charge in [0, 0.05) is 18.6 Å². The van der Waals surface area contributed by atoms with E-state index in [1.807, 2.05) is 24.4 Å². The van der Waals surface area contributed by atoms with Crippen molar-refractivity contribution in [2.75, 3.05) is 0 Å². The summed E-state index contributed by atoms with van der Waals surface area (Å²) in [6.45, 7) is 2.13. The van der Waals surface area contributed by atoms with E-state index in [-0.39, 0.29) is 11.8 Å². The van der Waals surface area contributed by atoms with E-state index >= 15 is 0 Å². The summed E-state index contributed by atoms with van der Waals surface area (Å²) >= 11 is 0. The largest absolute Gasteiger partial charge is 0.310 e. The van der Waals surface area contributed by atoms with Crippen molar-refractivity contribution in [3.05, 3.63) is 66.3 Å². The minimum atomic E-state index is -0.139. The van der Waals surface area contributed by atoms with Crippen LogP contribution in [-0.2, 0) is 4.79 Å². The Morgan fingerprint density at radius 2 is 1.76 bits per heavy atom. The molecule has 2 aliphatic rings. The third-order valence-electron chi connectivity index (χ3n) is 6.09. The summed E-state index contributed by atoms with van der Waals surface area (Å²) in [7, 11) is 0. The number of pyridine rings is 1. The molecule has 2 atom stereocenters. The minimum absolute atomic E-state index is 0.0616. The first-order chi connectivity index (χ1) is 14.2. The summed E-state index contributed by atoms with van der Waals surface area (Å²) in [5, 5.41) is 3.07. The lowest BCUT2D eigenvalue weighted by molar-refractivity contribution is -0.122. The summed E-state index contributed by atoms with van der Waals surface area (Å²) in [6, 6.07) is 12.4. The molecule has 1 aromatic carbocycles. The van der Waals surface area contributed by atoms with E-state index in [1.54, 1.807) is 12.4 Å². The lowest BCUT2D eigenvalue weighted by atomic mass is 9.86. The van der Waals surface area contributed by atoms with Gasteiger partial charge >= 0.3 is 0 Å². The van der Waals surface area contributed by atoms with Crippen LogP contribution in [0.3, 0.4) is 0 Å². The number of benzene rings is 1. The van der Waals surface area contributed by atoms with Crippen molar-refractivity contribution in [2.24, 2.45) is 16.8 Å². The molecule has 2 aromatic rings. The summed E-state index contributed by atoms with van der Waals surface area (Å²) in [4.78, 5) is 21.7. The van der Waals surface area contributed by atoms with E-state index in [1.165, 1.54) is 25.7 Å². The Kier molecular flexibility index (Phi) is 6.18. The molecule has 1 aliphatic heterocycles. The molecule has 4 nitrogen and oxygen atoms in total. The summed E-state index contributed by atoms with van der Waals surface area (Å²) < 4.78 is 0. The number of nitrogens with one attached hydrogen (secondary N) is 1. The van der Waals surface area contributed by atoms with Gasteiger partial charge in [0.2, 0.25) is 5.91 Å². The summed E-state index contributed by atoms with van der Waals surface area (Å²) in [5.41, 5.74) is 3.37. The van der Waals surface area contributed by atoms with Crippen LogP contribution in [0.25, 0.3) is 11.1 Å². The molecule has 1 aliphatic carbocycles. The summed E-state index contributed by atoms with van der Waals surface area (Å²) in [5.74, 6) is 1.68. The molecule has 4 rings (SSSR count). The zero-order chi connectivity index (χ0) is 20.1. The second kappa shape index (κ2) is 9.17. The van der Waals surface area contributed by atoms with Crippen molar-refractivity contribution < 1.29 is 4.79 Å². The third-order valence-corrected chi connectivity index (χ3v) is 6.09. The number of allylic oxidation sites excluding steroid dienone is 1. The molecule has 2 heterocycles. The maximum Gasteiger partial charge on any atom is 0.233 e. The molecular formula is C25H29N3O. The lowest BCUT2D eigenvalue weighted by Gasteiger charge is -2.22. The van der Waals surface area contributed by atoms with Gasteiger partial charge in [-0.2, -0.15) is 0 Å². The molecule has 0 radical (unpaired) electrons.